The lowest BCUT2D eigenvalue weighted by Gasteiger charge is -2.03. The number of para-hydroxylation sites is 1. The Morgan fingerprint density at radius 2 is 1.43 bits per heavy atom. The fourth-order valence-corrected chi connectivity index (χ4v) is 1.81. The van der Waals surface area contributed by atoms with Crippen LogP contribution in [-0.2, 0) is 0 Å². The molecular formula is C14H8N2O5. The quantitative estimate of drug-likeness (QED) is 0.276. The number of nitrogens with zero attached hydrogens (tertiary/aromatic N) is 2. The molecule has 7 nitrogen and oxygen atoms in total. The molecule has 0 amide bonds. The lowest BCUT2D eigenvalue weighted by atomic mass is 9.99. The minimum Gasteiger partial charge on any atom is -0.285 e. The number of hydrogen-bond acceptors (Lipinski definition) is 6. The second kappa shape index (κ2) is 5.83. The van der Waals surface area contributed by atoms with E-state index < -0.39 is 22.2 Å². The Labute approximate surface area is 118 Å². The molecule has 0 aliphatic rings. The highest BCUT2D eigenvalue weighted by Crippen LogP contribution is 2.23. The normalized spacial score (nSPS) is 9.90. The minimum absolute atomic E-state index is 0.185. The Morgan fingerprint density at radius 1 is 0.905 bits per heavy atom. The highest BCUT2D eigenvalue weighted by molar-refractivity contribution is 6.50. The first-order valence-electron chi connectivity index (χ1n) is 5.81. The summed E-state index contributed by atoms with van der Waals surface area (Å²) in [5.74, 6) is -2.07. The minimum atomic E-state index is -1.06. The van der Waals surface area contributed by atoms with E-state index >= 15 is 0 Å². The maximum Gasteiger partial charge on any atom is 0.280 e. The number of rotatable bonds is 5. The molecular weight excluding hydrogens is 276 g/mol. The van der Waals surface area contributed by atoms with Crippen LogP contribution in [0.1, 0.15) is 20.7 Å². The predicted molar refractivity (Wildman–Crippen MR) is 73.7 cm³/mol. The molecule has 0 aliphatic heterocycles. The molecule has 0 atom stereocenters. The van der Waals surface area contributed by atoms with E-state index in [0.717, 1.165) is 6.07 Å². The van der Waals surface area contributed by atoms with Gasteiger partial charge in [0.15, 0.2) is 0 Å². The summed E-state index contributed by atoms with van der Waals surface area (Å²) in [7, 11) is 0. The van der Waals surface area contributed by atoms with Gasteiger partial charge in [-0.1, -0.05) is 24.3 Å². The third-order valence-corrected chi connectivity index (χ3v) is 2.80. The number of benzene rings is 2. The van der Waals surface area contributed by atoms with E-state index in [-0.39, 0.29) is 16.8 Å². The van der Waals surface area contributed by atoms with Crippen molar-refractivity contribution in [1.29, 1.82) is 0 Å². The zero-order valence-electron chi connectivity index (χ0n) is 10.6. The summed E-state index contributed by atoms with van der Waals surface area (Å²) in [6, 6.07) is 10.6. The summed E-state index contributed by atoms with van der Waals surface area (Å²) < 4.78 is 0. The molecule has 7 heteroatoms. The highest BCUT2D eigenvalue weighted by atomic mass is 16.6. The van der Waals surface area contributed by atoms with Crippen molar-refractivity contribution in [2.75, 3.05) is 0 Å². The van der Waals surface area contributed by atoms with Crippen LogP contribution in [0.25, 0.3) is 0 Å². The zero-order valence-corrected chi connectivity index (χ0v) is 10.6. The maximum absolute atomic E-state index is 12.1. The summed E-state index contributed by atoms with van der Waals surface area (Å²) in [5.41, 5.74) is -1.16. The van der Waals surface area contributed by atoms with Gasteiger partial charge in [0.05, 0.1) is 10.5 Å². The highest BCUT2D eigenvalue weighted by Gasteiger charge is 2.27. The Kier molecular flexibility index (Phi) is 3.94. The van der Waals surface area contributed by atoms with Crippen molar-refractivity contribution in [3.8, 4) is 0 Å². The number of nitro benzene ring substituents is 1. The number of carbonyl (C=O) groups excluding carboxylic acids is 2. The van der Waals surface area contributed by atoms with Crippen molar-refractivity contribution >= 4 is 22.9 Å². The molecule has 0 unspecified atom stereocenters. The van der Waals surface area contributed by atoms with Crippen LogP contribution in [0.3, 0.4) is 0 Å². The van der Waals surface area contributed by atoms with Crippen molar-refractivity contribution in [2.45, 2.75) is 0 Å². The average Bonchev–Trinajstić information content (AvgIpc) is 2.53. The van der Waals surface area contributed by atoms with Crippen molar-refractivity contribution in [3.63, 3.8) is 0 Å². The van der Waals surface area contributed by atoms with E-state index in [4.69, 9.17) is 0 Å². The van der Waals surface area contributed by atoms with Crippen LogP contribution in [0.15, 0.2) is 53.7 Å². The van der Waals surface area contributed by atoms with Crippen LogP contribution in [-0.4, -0.2) is 16.5 Å². The first-order valence-corrected chi connectivity index (χ1v) is 5.81. The Balaban J connectivity index is 2.48. The monoisotopic (exact) mass is 284 g/mol. The van der Waals surface area contributed by atoms with Crippen LogP contribution >= 0.6 is 0 Å². The van der Waals surface area contributed by atoms with E-state index in [1.165, 1.54) is 42.5 Å². The lowest BCUT2D eigenvalue weighted by Crippen LogP contribution is -2.16. The van der Waals surface area contributed by atoms with Crippen LogP contribution < -0.4 is 0 Å². The van der Waals surface area contributed by atoms with Gasteiger partial charge in [-0.05, 0) is 23.4 Å². The third-order valence-electron chi connectivity index (χ3n) is 2.80. The standard InChI is InChI=1S/C14H8N2O5/c17-13(9-5-1-3-7-11(9)15-19)14(18)10-6-2-4-8-12(10)16(20)21/h1-8H. The van der Waals surface area contributed by atoms with E-state index in [9.17, 15) is 24.6 Å². The summed E-state index contributed by atoms with van der Waals surface area (Å²) in [4.78, 5) is 45.1. The molecule has 0 N–H and O–H groups in total. The zero-order chi connectivity index (χ0) is 15.4. The van der Waals surface area contributed by atoms with Gasteiger partial charge in [-0.25, -0.2) is 0 Å². The van der Waals surface area contributed by atoms with Gasteiger partial charge in [0.1, 0.15) is 11.3 Å². The van der Waals surface area contributed by atoms with Crippen LogP contribution in [0.5, 0.6) is 0 Å². The van der Waals surface area contributed by atoms with Gasteiger partial charge in [0.25, 0.3) is 5.69 Å². The number of carbonyl (C=O) groups is 2. The van der Waals surface area contributed by atoms with Crippen LogP contribution in [0, 0.1) is 15.0 Å². The largest absolute Gasteiger partial charge is 0.285 e. The predicted octanol–water partition coefficient (Wildman–Crippen LogP) is 3.06. The first kappa shape index (κ1) is 14.2. The SMILES string of the molecule is O=Nc1ccccc1C(=O)C(=O)c1ccccc1[N+](=O)[O-]. The second-order valence-corrected chi connectivity index (χ2v) is 4.04. The molecule has 0 spiro atoms. The number of ketones is 2. The van der Waals surface area contributed by atoms with E-state index in [1.807, 2.05) is 0 Å². The lowest BCUT2D eigenvalue weighted by molar-refractivity contribution is -0.385. The molecule has 104 valence electrons. The van der Waals surface area contributed by atoms with Gasteiger partial charge in [-0.15, -0.1) is 4.91 Å². The molecule has 0 radical (unpaired) electrons. The van der Waals surface area contributed by atoms with Gasteiger partial charge in [0, 0.05) is 6.07 Å². The van der Waals surface area contributed by atoms with Crippen LogP contribution in [0.4, 0.5) is 11.4 Å². The number of nitroso groups, excluding NO2 is 1. The summed E-state index contributed by atoms with van der Waals surface area (Å²) >= 11 is 0. The maximum atomic E-state index is 12.1. The molecule has 0 bridgehead atoms. The fourth-order valence-electron chi connectivity index (χ4n) is 1.81. The molecule has 0 aliphatic carbocycles. The average molecular weight is 284 g/mol. The summed E-state index contributed by atoms with van der Waals surface area (Å²) in [6.45, 7) is 0. The first-order chi connectivity index (χ1) is 10.1. The van der Waals surface area contributed by atoms with Crippen molar-refractivity contribution in [2.24, 2.45) is 5.18 Å². The van der Waals surface area contributed by atoms with E-state index in [1.54, 1.807) is 0 Å². The molecule has 21 heavy (non-hydrogen) atoms. The second-order valence-electron chi connectivity index (χ2n) is 4.04. The number of Topliss-reactive ketones (excluding diaryl/α,β-unsaturated/α-hetero) is 2. The summed E-state index contributed by atoms with van der Waals surface area (Å²) in [6.07, 6.45) is 0. The molecule has 0 saturated heterocycles. The molecule has 0 aromatic heterocycles. The van der Waals surface area contributed by atoms with Gasteiger partial charge in [-0.2, -0.15) is 0 Å². The van der Waals surface area contributed by atoms with Crippen molar-refractivity contribution in [3.05, 3.63) is 74.7 Å². The van der Waals surface area contributed by atoms with Crippen molar-refractivity contribution in [1.82, 2.24) is 0 Å². The topological polar surface area (TPSA) is 107 Å². The van der Waals surface area contributed by atoms with E-state index in [0.29, 0.717) is 0 Å². The fraction of sp³-hybridized carbons (Fsp3) is 0. The van der Waals surface area contributed by atoms with Gasteiger partial charge in [0.2, 0.25) is 11.6 Å². The van der Waals surface area contributed by atoms with Gasteiger partial charge in [-0.3, -0.25) is 19.7 Å². The molecule has 0 heterocycles. The van der Waals surface area contributed by atoms with Gasteiger partial charge >= 0.3 is 0 Å². The van der Waals surface area contributed by atoms with E-state index in [2.05, 4.69) is 5.18 Å². The Hall–Kier alpha value is -3.22. The Morgan fingerprint density at radius 3 is 2.05 bits per heavy atom. The Bertz CT molecular complexity index is 755. The molecule has 2 rings (SSSR count). The van der Waals surface area contributed by atoms with Crippen molar-refractivity contribution < 1.29 is 14.5 Å². The smallest absolute Gasteiger partial charge is 0.280 e. The molecule has 0 fully saturated rings. The number of nitro groups is 1. The molecule has 2 aromatic carbocycles. The summed E-state index contributed by atoms with van der Waals surface area (Å²) in [5, 5.41) is 13.6. The van der Waals surface area contributed by atoms with Crippen LogP contribution in [0.2, 0.25) is 0 Å². The number of hydrogen-bond donors (Lipinski definition) is 0. The third kappa shape index (κ3) is 2.71. The van der Waals surface area contributed by atoms with Gasteiger partial charge < -0.3 is 0 Å². The molecule has 2 aromatic rings. The molecule has 0 saturated carbocycles.